The predicted molar refractivity (Wildman–Crippen MR) is 160 cm³/mol. The van der Waals surface area contributed by atoms with Gasteiger partial charge in [-0.05, 0) is 78.7 Å². The molecule has 3 N–H and O–H groups in total. The first-order valence-corrected chi connectivity index (χ1v) is 14.4. The number of hydrogen-bond acceptors (Lipinski definition) is 7. The van der Waals surface area contributed by atoms with Crippen molar-refractivity contribution < 1.29 is 29.5 Å². The summed E-state index contributed by atoms with van der Waals surface area (Å²) in [5, 5.41) is 29.7. The molecule has 9 heteroatoms. The fraction of sp³-hybridized carbons (Fsp3) is 0.303. The van der Waals surface area contributed by atoms with Crippen LogP contribution in [0.15, 0.2) is 84.1 Å². The molecule has 4 atom stereocenters. The number of ether oxygens (including phenoxy) is 1. The molecule has 1 aromatic heterocycles. The van der Waals surface area contributed by atoms with Crippen LogP contribution in [0.5, 0.6) is 5.75 Å². The van der Waals surface area contributed by atoms with Gasteiger partial charge in [-0.1, -0.05) is 48.9 Å². The van der Waals surface area contributed by atoms with Gasteiger partial charge in [-0.3, -0.25) is 19.5 Å². The Balaban J connectivity index is 1.27. The third-order valence-corrected chi connectivity index (χ3v) is 8.80. The number of anilines is 1. The average molecular weight is 564 g/mol. The van der Waals surface area contributed by atoms with Gasteiger partial charge in [0.2, 0.25) is 11.8 Å². The first-order valence-electron chi connectivity index (χ1n) is 14.4. The van der Waals surface area contributed by atoms with Gasteiger partial charge < -0.3 is 19.9 Å². The number of imide groups is 1. The van der Waals surface area contributed by atoms with Gasteiger partial charge in [-0.15, -0.1) is 0 Å². The van der Waals surface area contributed by atoms with E-state index in [1.54, 1.807) is 36.5 Å². The third-order valence-electron chi connectivity index (χ3n) is 8.80. The summed E-state index contributed by atoms with van der Waals surface area (Å²) in [6.07, 6.45) is 6.12. The smallest absolute Gasteiger partial charge is 0.488 e. The molecule has 2 aromatic carbocycles. The second-order valence-corrected chi connectivity index (χ2v) is 11.1. The molecule has 2 amide bonds. The molecule has 3 aliphatic rings. The van der Waals surface area contributed by atoms with E-state index in [4.69, 9.17) is 4.74 Å². The summed E-state index contributed by atoms with van der Waals surface area (Å²) in [6, 6.07) is 19.3. The largest absolute Gasteiger partial charge is 0.507 e. The minimum atomic E-state index is -1.69. The van der Waals surface area contributed by atoms with Crippen molar-refractivity contribution in [3.63, 3.8) is 0 Å². The number of allylic oxidation sites excluding steroid dienone is 2. The van der Waals surface area contributed by atoms with Crippen LogP contribution in [0, 0.1) is 17.8 Å². The number of carbonyl (C=O) groups excluding carboxylic acids is 2. The van der Waals surface area contributed by atoms with Crippen molar-refractivity contribution in [2.75, 3.05) is 11.5 Å². The monoisotopic (exact) mass is 564 g/mol. The van der Waals surface area contributed by atoms with Crippen LogP contribution in [0.1, 0.15) is 43.9 Å². The number of phenolic OH excluding ortho intramolecular Hbond substituents is 1. The highest BCUT2D eigenvalue weighted by Gasteiger charge is 2.57. The zero-order valence-electron chi connectivity index (χ0n) is 23.4. The van der Waals surface area contributed by atoms with E-state index in [0.29, 0.717) is 37.1 Å². The molecule has 2 saturated heterocycles. The van der Waals surface area contributed by atoms with Gasteiger partial charge in [0, 0.05) is 17.7 Å². The fourth-order valence-electron chi connectivity index (χ4n) is 6.80. The summed E-state index contributed by atoms with van der Waals surface area (Å²) in [5.74, 6) is -1.46. The minimum Gasteiger partial charge on any atom is -0.507 e. The SMILES string of the molecule is CCC1=C2[C@@H](CC/C(=C/c3ccccc3O)c3ccccn3)OC[C@@H]2[C@@H]2C(=O)N(c3cccc(B(O)O)c3)C(=O)[C@@H]2C1. The predicted octanol–water partition coefficient (Wildman–Crippen LogP) is 3.72. The molecule has 3 heterocycles. The Bertz CT molecular complexity index is 1570. The van der Waals surface area contributed by atoms with Crippen LogP contribution in [0.25, 0.3) is 11.6 Å². The van der Waals surface area contributed by atoms with E-state index in [1.807, 2.05) is 36.4 Å². The zero-order valence-corrected chi connectivity index (χ0v) is 23.4. The molecule has 0 bridgehead atoms. The zero-order chi connectivity index (χ0) is 29.4. The lowest BCUT2D eigenvalue weighted by molar-refractivity contribution is -0.122. The lowest BCUT2D eigenvalue weighted by Gasteiger charge is -2.31. The number of nitrogens with zero attached hydrogens (tertiary/aromatic N) is 2. The summed E-state index contributed by atoms with van der Waals surface area (Å²) in [6.45, 7) is 2.45. The van der Waals surface area contributed by atoms with Gasteiger partial charge in [-0.25, -0.2) is 0 Å². The number of rotatable bonds is 8. The van der Waals surface area contributed by atoms with E-state index in [-0.39, 0.29) is 35.0 Å². The lowest BCUT2D eigenvalue weighted by Crippen LogP contribution is -2.35. The van der Waals surface area contributed by atoms with Crippen LogP contribution < -0.4 is 10.4 Å². The van der Waals surface area contributed by atoms with E-state index in [1.165, 1.54) is 16.5 Å². The Morgan fingerprint density at radius 3 is 2.60 bits per heavy atom. The number of carbonyl (C=O) groups is 2. The molecular weight excluding hydrogens is 531 g/mol. The second kappa shape index (κ2) is 11.7. The van der Waals surface area contributed by atoms with Gasteiger partial charge in [-0.2, -0.15) is 0 Å². The maximum atomic E-state index is 13.8. The van der Waals surface area contributed by atoms with Crippen LogP contribution in [0.2, 0.25) is 0 Å². The van der Waals surface area contributed by atoms with Crippen LogP contribution >= 0.6 is 0 Å². The van der Waals surface area contributed by atoms with Gasteiger partial charge in [0.15, 0.2) is 0 Å². The van der Waals surface area contributed by atoms with Crippen molar-refractivity contribution in [3.8, 4) is 5.75 Å². The molecule has 214 valence electrons. The fourth-order valence-corrected chi connectivity index (χ4v) is 6.80. The topological polar surface area (TPSA) is 120 Å². The molecule has 8 nitrogen and oxygen atoms in total. The maximum absolute atomic E-state index is 13.8. The number of pyridine rings is 1. The molecule has 6 rings (SSSR count). The average Bonchev–Trinajstić information content (AvgIpc) is 3.54. The molecule has 0 unspecified atom stereocenters. The van der Waals surface area contributed by atoms with Gasteiger partial charge in [0.25, 0.3) is 0 Å². The highest BCUT2D eigenvalue weighted by atomic mass is 16.5. The van der Waals surface area contributed by atoms with E-state index >= 15 is 0 Å². The van der Waals surface area contributed by atoms with Gasteiger partial charge >= 0.3 is 7.12 Å². The third kappa shape index (κ3) is 5.08. The van der Waals surface area contributed by atoms with Crippen molar-refractivity contribution >= 4 is 41.7 Å². The number of para-hydroxylation sites is 1. The van der Waals surface area contributed by atoms with E-state index < -0.39 is 19.0 Å². The van der Waals surface area contributed by atoms with E-state index in [0.717, 1.165) is 23.3 Å². The first kappa shape index (κ1) is 28.1. The number of fused-ring (bicyclic) bond motifs is 3. The van der Waals surface area contributed by atoms with E-state index in [2.05, 4.69) is 11.9 Å². The van der Waals surface area contributed by atoms with Crippen molar-refractivity contribution in [1.82, 2.24) is 4.98 Å². The summed E-state index contributed by atoms with van der Waals surface area (Å²) in [5.41, 5.74) is 5.41. The first-order chi connectivity index (χ1) is 20.4. The Kier molecular flexibility index (Phi) is 7.81. The number of benzene rings is 2. The summed E-state index contributed by atoms with van der Waals surface area (Å²) in [7, 11) is -1.69. The minimum absolute atomic E-state index is 0.183. The molecule has 1 aliphatic carbocycles. The van der Waals surface area contributed by atoms with Crippen molar-refractivity contribution in [3.05, 3.63) is 95.3 Å². The normalized spacial score (nSPS) is 23.8. The Labute approximate surface area is 245 Å². The number of aromatic hydroxyl groups is 1. The molecule has 42 heavy (non-hydrogen) atoms. The van der Waals surface area contributed by atoms with Crippen LogP contribution in [0.4, 0.5) is 5.69 Å². The number of hydrogen-bond donors (Lipinski definition) is 3. The lowest BCUT2D eigenvalue weighted by atomic mass is 9.69. The summed E-state index contributed by atoms with van der Waals surface area (Å²) < 4.78 is 6.37. The summed E-state index contributed by atoms with van der Waals surface area (Å²) >= 11 is 0. The van der Waals surface area contributed by atoms with Crippen molar-refractivity contribution in [2.45, 2.75) is 38.7 Å². The molecule has 2 aliphatic heterocycles. The Hall–Kier alpha value is -4.05. The van der Waals surface area contributed by atoms with Crippen molar-refractivity contribution in [1.29, 1.82) is 0 Å². The molecule has 3 aromatic rings. The maximum Gasteiger partial charge on any atom is 0.488 e. The van der Waals surface area contributed by atoms with Crippen LogP contribution in [-0.4, -0.2) is 51.8 Å². The second-order valence-electron chi connectivity index (χ2n) is 11.1. The Morgan fingerprint density at radius 2 is 1.86 bits per heavy atom. The van der Waals surface area contributed by atoms with Crippen LogP contribution in [0.3, 0.4) is 0 Å². The molecule has 2 fully saturated rings. The van der Waals surface area contributed by atoms with E-state index in [9.17, 15) is 24.7 Å². The standard InChI is InChI=1S/C33H33BN2O6/c1-2-20-17-25-31(33(39)36(32(25)38)24-10-7-9-23(18-24)34(40)41)26-19-42-29(30(20)26)14-13-21(27-11-5-6-15-35-27)16-22-8-3-4-12-28(22)37/h3-12,15-16,18,25-26,29,31,37,40-41H,2,13-14,17,19H2,1H3/b21-16-/t25-,26+,29-,31-/m1/s1. The molecule has 0 spiro atoms. The van der Waals surface area contributed by atoms with Gasteiger partial charge in [0.1, 0.15) is 5.75 Å². The van der Waals surface area contributed by atoms with Crippen molar-refractivity contribution in [2.24, 2.45) is 17.8 Å². The van der Waals surface area contributed by atoms with Gasteiger partial charge in [0.05, 0.1) is 35.9 Å². The number of amides is 2. The van der Waals surface area contributed by atoms with Crippen LogP contribution in [-0.2, 0) is 14.3 Å². The highest BCUT2D eigenvalue weighted by molar-refractivity contribution is 6.58. The Morgan fingerprint density at radius 1 is 1.05 bits per heavy atom. The number of aromatic nitrogens is 1. The highest BCUT2D eigenvalue weighted by Crippen LogP contribution is 2.51. The summed E-state index contributed by atoms with van der Waals surface area (Å²) in [4.78, 5) is 33.2. The molecule has 0 radical (unpaired) electrons. The number of phenols is 1. The molecule has 0 saturated carbocycles. The molecular formula is C33H33BN2O6. The quantitative estimate of drug-likeness (QED) is 0.217.